The third-order valence-corrected chi connectivity index (χ3v) is 4.48. The zero-order valence-corrected chi connectivity index (χ0v) is 14.2. The standard InChI is InChI=1S/C16H18N2O4S/c1-4-22-16(20)13(9-18)14(23-3)11-7-5-6-10(11)12(8-17)15(19)21-2/h11H,4-7H2,1-3H3/b12-10+,14-13+. The van der Waals surface area contributed by atoms with E-state index in [0.717, 1.165) is 6.42 Å². The van der Waals surface area contributed by atoms with Gasteiger partial charge in [-0.1, -0.05) is 0 Å². The lowest BCUT2D eigenvalue weighted by Crippen LogP contribution is -2.14. The van der Waals surface area contributed by atoms with Crippen LogP contribution in [-0.4, -0.2) is 31.9 Å². The number of ether oxygens (including phenoxy) is 2. The Bertz CT molecular complexity index is 637. The maximum atomic E-state index is 12.0. The average Bonchev–Trinajstić information content (AvgIpc) is 3.01. The van der Waals surface area contributed by atoms with Crippen LogP contribution in [0.25, 0.3) is 0 Å². The van der Waals surface area contributed by atoms with Crippen LogP contribution < -0.4 is 0 Å². The highest BCUT2D eigenvalue weighted by Crippen LogP contribution is 2.43. The molecule has 1 rings (SSSR count). The topological polar surface area (TPSA) is 100 Å². The molecule has 1 fully saturated rings. The maximum absolute atomic E-state index is 12.0. The minimum Gasteiger partial charge on any atom is -0.465 e. The molecule has 0 spiro atoms. The van der Waals surface area contributed by atoms with Gasteiger partial charge >= 0.3 is 11.9 Å². The molecule has 0 aromatic heterocycles. The van der Waals surface area contributed by atoms with Gasteiger partial charge in [-0.25, -0.2) is 9.59 Å². The number of nitriles is 2. The van der Waals surface area contributed by atoms with Crippen molar-refractivity contribution in [3.63, 3.8) is 0 Å². The van der Waals surface area contributed by atoms with Crippen LogP contribution in [0.15, 0.2) is 21.6 Å². The van der Waals surface area contributed by atoms with E-state index in [-0.39, 0.29) is 23.7 Å². The molecule has 0 heterocycles. The number of carbonyl (C=O) groups excluding carboxylic acids is 2. The number of thioether (sulfide) groups is 1. The van der Waals surface area contributed by atoms with Crippen LogP contribution in [-0.2, 0) is 19.1 Å². The maximum Gasteiger partial charge on any atom is 0.349 e. The summed E-state index contributed by atoms with van der Waals surface area (Å²) >= 11 is 1.27. The van der Waals surface area contributed by atoms with E-state index >= 15 is 0 Å². The predicted molar refractivity (Wildman–Crippen MR) is 84.8 cm³/mol. The number of allylic oxidation sites excluding steroid dienone is 2. The molecule has 1 saturated carbocycles. The van der Waals surface area contributed by atoms with E-state index in [4.69, 9.17) is 4.74 Å². The van der Waals surface area contributed by atoms with Crippen LogP contribution in [0.5, 0.6) is 0 Å². The highest BCUT2D eigenvalue weighted by atomic mass is 32.2. The summed E-state index contributed by atoms with van der Waals surface area (Å²) in [5.74, 6) is -1.68. The Morgan fingerprint density at radius 3 is 2.48 bits per heavy atom. The third kappa shape index (κ3) is 4.14. The van der Waals surface area contributed by atoms with Crippen molar-refractivity contribution in [2.24, 2.45) is 5.92 Å². The molecule has 0 amide bonds. The Morgan fingerprint density at radius 2 is 2.00 bits per heavy atom. The summed E-state index contributed by atoms with van der Waals surface area (Å²) in [6.45, 7) is 1.84. The summed E-state index contributed by atoms with van der Waals surface area (Å²) in [7, 11) is 1.22. The number of hydrogen-bond donors (Lipinski definition) is 0. The molecule has 122 valence electrons. The lowest BCUT2D eigenvalue weighted by atomic mass is 9.95. The molecule has 0 radical (unpaired) electrons. The Kier molecular flexibility index (Phi) is 7.37. The van der Waals surface area contributed by atoms with Gasteiger partial charge in [-0.3, -0.25) is 0 Å². The number of nitrogens with zero attached hydrogens (tertiary/aromatic N) is 2. The quantitative estimate of drug-likeness (QED) is 0.432. The van der Waals surface area contributed by atoms with E-state index in [9.17, 15) is 20.1 Å². The fourth-order valence-corrected chi connectivity index (χ4v) is 3.49. The van der Waals surface area contributed by atoms with E-state index in [1.165, 1.54) is 18.9 Å². The van der Waals surface area contributed by atoms with Gasteiger partial charge < -0.3 is 9.47 Å². The highest BCUT2D eigenvalue weighted by molar-refractivity contribution is 8.02. The first-order valence-electron chi connectivity index (χ1n) is 7.12. The molecule has 0 aliphatic heterocycles. The van der Waals surface area contributed by atoms with Gasteiger partial charge in [0.05, 0.1) is 13.7 Å². The van der Waals surface area contributed by atoms with Gasteiger partial charge in [0.2, 0.25) is 0 Å². The summed E-state index contributed by atoms with van der Waals surface area (Å²) in [5.41, 5.74) is 0.523. The SMILES string of the molecule is CCOC(=O)/C(C#N)=C(/SC)C1CCC/C1=C(/C#N)C(=O)OC. The smallest absolute Gasteiger partial charge is 0.349 e. The van der Waals surface area contributed by atoms with Crippen LogP contribution in [0.2, 0.25) is 0 Å². The summed E-state index contributed by atoms with van der Waals surface area (Å²) in [4.78, 5) is 24.3. The second kappa shape index (κ2) is 9.02. The molecule has 0 N–H and O–H groups in total. The molecule has 0 bridgehead atoms. The second-order valence-corrected chi connectivity index (χ2v) is 5.57. The summed E-state index contributed by atoms with van der Waals surface area (Å²) in [6, 6.07) is 3.79. The van der Waals surface area contributed by atoms with Crippen molar-refractivity contribution >= 4 is 23.7 Å². The molecule has 0 aromatic rings. The largest absolute Gasteiger partial charge is 0.465 e. The van der Waals surface area contributed by atoms with E-state index < -0.39 is 11.9 Å². The first kappa shape index (κ1) is 18.8. The fourth-order valence-electron chi connectivity index (χ4n) is 2.61. The number of esters is 2. The first-order chi connectivity index (χ1) is 11.0. The molecule has 23 heavy (non-hydrogen) atoms. The summed E-state index contributed by atoms with van der Waals surface area (Å²) < 4.78 is 9.57. The molecule has 1 unspecified atom stereocenters. The van der Waals surface area contributed by atoms with Gasteiger partial charge in [0.1, 0.15) is 23.3 Å². The third-order valence-electron chi connectivity index (χ3n) is 3.56. The van der Waals surface area contributed by atoms with Crippen molar-refractivity contribution in [3.05, 3.63) is 21.6 Å². The zero-order chi connectivity index (χ0) is 17.4. The Balaban J connectivity index is 3.42. The number of rotatable bonds is 5. The monoisotopic (exact) mass is 334 g/mol. The van der Waals surface area contributed by atoms with Crippen molar-refractivity contribution in [2.45, 2.75) is 26.2 Å². The molecule has 1 aliphatic rings. The van der Waals surface area contributed by atoms with Gasteiger partial charge in [-0.05, 0) is 38.0 Å². The molecular weight excluding hydrogens is 316 g/mol. The fraction of sp³-hybridized carbons (Fsp3) is 0.500. The van der Waals surface area contributed by atoms with E-state index in [2.05, 4.69) is 4.74 Å². The van der Waals surface area contributed by atoms with Crippen molar-refractivity contribution in [3.8, 4) is 12.1 Å². The van der Waals surface area contributed by atoms with Crippen LogP contribution in [0, 0.1) is 28.6 Å². The zero-order valence-electron chi connectivity index (χ0n) is 13.3. The van der Waals surface area contributed by atoms with Crippen molar-refractivity contribution in [1.29, 1.82) is 10.5 Å². The van der Waals surface area contributed by atoms with Crippen LogP contribution in [0.3, 0.4) is 0 Å². The Hall–Kier alpha value is -2.25. The predicted octanol–water partition coefficient (Wildman–Crippen LogP) is 2.48. The Morgan fingerprint density at radius 1 is 1.30 bits per heavy atom. The number of methoxy groups -OCH3 is 1. The normalized spacial score (nSPS) is 20.0. The van der Waals surface area contributed by atoms with Crippen molar-refractivity contribution < 1.29 is 19.1 Å². The van der Waals surface area contributed by atoms with Crippen LogP contribution in [0.4, 0.5) is 0 Å². The van der Waals surface area contributed by atoms with E-state index in [1.54, 1.807) is 13.2 Å². The Labute approximate surface area is 139 Å². The van der Waals surface area contributed by atoms with Crippen molar-refractivity contribution in [2.75, 3.05) is 20.0 Å². The molecule has 0 aromatic carbocycles. The minimum atomic E-state index is -0.690. The number of carbonyl (C=O) groups is 2. The van der Waals surface area contributed by atoms with Crippen LogP contribution >= 0.6 is 11.8 Å². The summed E-state index contributed by atoms with van der Waals surface area (Å²) in [5, 5.41) is 18.6. The van der Waals surface area contributed by atoms with Gasteiger partial charge in [0.25, 0.3) is 0 Å². The molecule has 0 saturated heterocycles. The van der Waals surface area contributed by atoms with E-state index in [1.807, 2.05) is 12.1 Å². The second-order valence-electron chi connectivity index (χ2n) is 4.72. The van der Waals surface area contributed by atoms with Gasteiger partial charge in [-0.2, -0.15) is 10.5 Å². The molecule has 1 aliphatic carbocycles. The average molecular weight is 334 g/mol. The van der Waals surface area contributed by atoms with E-state index in [0.29, 0.717) is 23.3 Å². The molecule has 1 atom stereocenters. The van der Waals surface area contributed by atoms with Gasteiger partial charge in [0.15, 0.2) is 0 Å². The van der Waals surface area contributed by atoms with Crippen LogP contribution in [0.1, 0.15) is 26.2 Å². The molecular formula is C16H18N2O4S. The lowest BCUT2D eigenvalue weighted by Gasteiger charge is -2.17. The van der Waals surface area contributed by atoms with Gasteiger partial charge in [-0.15, -0.1) is 11.8 Å². The van der Waals surface area contributed by atoms with Gasteiger partial charge in [0, 0.05) is 10.8 Å². The molecule has 6 nitrogen and oxygen atoms in total. The summed E-state index contributed by atoms with van der Waals surface area (Å²) in [6.07, 6.45) is 3.76. The highest BCUT2D eigenvalue weighted by Gasteiger charge is 2.33. The molecule has 7 heteroatoms. The minimum absolute atomic E-state index is 0.0392. The lowest BCUT2D eigenvalue weighted by molar-refractivity contribution is -0.138. The number of hydrogen-bond acceptors (Lipinski definition) is 7. The van der Waals surface area contributed by atoms with Crippen molar-refractivity contribution in [1.82, 2.24) is 0 Å². The first-order valence-corrected chi connectivity index (χ1v) is 8.34.